The van der Waals surface area contributed by atoms with Gasteiger partial charge in [0.15, 0.2) is 0 Å². The molecule has 0 aliphatic rings. The molecule has 0 aliphatic heterocycles. The van der Waals surface area contributed by atoms with Crippen LogP contribution in [-0.2, 0) is 9.59 Å². The third kappa shape index (κ3) is 6.72. The second-order valence-corrected chi connectivity index (χ2v) is 8.46. The molecule has 0 radical (unpaired) electrons. The lowest BCUT2D eigenvalue weighted by molar-refractivity contribution is -0.134. The summed E-state index contributed by atoms with van der Waals surface area (Å²) in [6.07, 6.45) is 3.83. The molecule has 0 unspecified atom stereocenters. The Hall–Kier alpha value is -4.07. The van der Waals surface area contributed by atoms with Gasteiger partial charge in [0.2, 0.25) is 17.8 Å². The van der Waals surface area contributed by atoms with Gasteiger partial charge >= 0.3 is 0 Å². The molecule has 1 heterocycles. The van der Waals surface area contributed by atoms with E-state index in [2.05, 4.69) is 16.9 Å². The molecule has 1 N–H and O–H groups in total. The minimum absolute atomic E-state index is 0.0903. The lowest BCUT2D eigenvalue weighted by Gasteiger charge is -2.21. The van der Waals surface area contributed by atoms with Gasteiger partial charge in [-0.25, -0.2) is 4.98 Å². The van der Waals surface area contributed by atoms with Gasteiger partial charge in [0, 0.05) is 30.4 Å². The Balaban J connectivity index is 1.90. The quantitative estimate of drug-likeness (QED) is 0.410. The van der Waals surface area contributed by atoms with Gasteiger partial charge in [0.25, 0.3) is 0 Å². The number of benzene rings is 2. The molecule has 0 saturated heterocycles. The molecule has 8 heteroatoms. The molecule has 3 aromatic rings. The molecule has 0 saturated carbocycles. The smallest absolute Gasteiger partial charge is 0.246 e. The van der Waals surface area contributed by atoms with E-state index in [1.807, 2.05) is 68.6 Å². The number of aromatic nitrogens is 2. The van der Waals surface area contributed by atoms with Crippen LogP contribution >= 0.6 is 0 Å². The average molecular weight is 477 g/mol. The Morgan fingerprint density at radius 1 is 1.06 bits per heavy atom. The van der Waals surface area contributed by atoms with E-state index in [4.69, 9.17) is 9.47 Å². The fourth-order valence-electron chi connectivity index (χ4n) is 3.54. The highest BCUT2D eigenvalue weighted by Crippen LogP contribution is 2.27. The predicted octanol–water partition coefficient (Wildman–Crippen LogP) is 4.56. The summed E-state index contributed by atoms with van der Waals surface area (Å²) in [5.41, 5.74) is 2.35. The van der Waals surface area contributed by atoms with Crippen LogP contribution in [-0.4, -0.2) is 53.6 Å². The number of anilines is 1. The van der Waals surface area contributed by atoms with E-state index in [1.165, 1.54) is 4.90 Å². The molecule has 2 aromatic carbocycles. The van der Waals surface area contributed by atoms with Gasteiger partial charge in [-0.3, -0.25) is 19.5 Å². The monoisotopic (exact) mass is 476 g/mol. The van der Waals surface area contributed by atoms with Crippen molar-refractivity contribution in [3.63, 3.8) is 0 Å². The molecule has 0 bridgehead atoms. The maximum atomic E-state index is 13.0. The van der Waals surface area contributed by atoms with Gasteiger partial charge in [-0.15, -0.1) is 6.58 Å². The Morgan fingerprint density at radius 2 is 1.66 bits per heavy atom. The molecule has 0 aliphatic carbocycles. The first-order valence-electron chi connectivity index (χ1n) is 11.4. The van der Waals surface area contributed by atoms with Gasteiger partial charge in [-0.2, -0.15) is 0 Å². The summed E-state index contributed by atoms with van der Waals surface area (Å²) in [7, 11) is 3.22. The first-order valence-corrected chi connectivity index (χ1v) is 11.4. The van der Waals surface area contributed by atoms with Crippen LogP contribution in [0.2, 0.25) is 0 Å². The van der Waals surface area contributed by atoms with Crippen LogP contribution in [0.5, 0.6) is 11.5 Å². The highest BCUT2D eigenvalue weighted by Gasteiger charge is 2.20. The number of rotatable bonds is 11. The van der Waals surface area contributed by atoms with Crippen molar-refractivity contribution in [2.24, 2.45) is 5.92 Å². The Bertz CT molecular complexity index is 1150. The van der Waals surface area contributed by atoms with Crippen LogP contribution < -0.4 is 14.8 Å². The molecule has 0 atom stereocenters. The summed E-state index contributed by atoms with van der Waals surface area (Å²) in [5.74, 6) is 1.57. The molecule has 0 spiro atoms. The van der Waals surface area contributed by atoms with Crippen LogP contribution in [0.25, 0.3) is 16.9 Å². The van der Waals surface area contributed by atoms with Crippen LogP contribution in [0, 0.1) is 5.92 Å². The lowest BCUT2D eigenvalue weighted by atomic mass is 10.1. The van der Waals surface area contributed by atoms with Gasteiger partial charge in [-0.1, -0.05) is 19.9 Å². The van der Waals surface area contributed by atoms with Crippen LogP contribution in [0.4, 0.5) is 5.95 Å². The minimum atomic E-state index is -0.342. The number of hydrogen-bond acceptors (Lipinski definition) is 5. The number of carbonyl (C=O) groups excluding carboxylic acids is 2. The van der Waals surface area contributed by atoms with Gasteiger partial charge in [-0.05, 0) is 54.4 Å². The molecule has 2 amide bonds. The van der Waals surface area contributed by atoms with E-state index in [0.29, 0.717) is 24.6 Å². The molecular weight excluding hydrogens is 444 g/mol. The van der Waals surface area contributed by atoms with Crippen molar-refractivity contribution >= 4 is 17.8 Å². The Labute approximate surface area is 206 Å². The maximum absolute atomic E-state index is 13.0. The highest BCUT2D eigenvalue weighted by molar-refractivity contribution is 5.94. The molecule has 184 valence electrons. The van der Waals surface area contributed by atoms with Crippen molar-refractivity contribution in [2.45, 2.75) is 20.3 Å². The SMILES string of the molecule is C=CCN(CC(=O)Nc1nc(-c2ccc(OC)cc2)cn1-c1ccc(OC)cc1)C(=O)CC(C)C. The zero-order valence-corrected chi connectivity index (χ0v) is 20.7. The Morgan fingerprint density at radius 3 is 2.20 bits per heavy atom. The fraction of sp³-hybridized carbons (Fsp3) is 0.296. The zero-order valence-electron chi connectivity index (χ0n) is 20.7. The third-order valence-electron chi connectivity index (χ3n) is 5.31. The van der Waals surface area contributed by atoms with Crippen molar-refractivity contribution in [3.8, 4) is 28.4 Å². The summed E-state index contributed by atoms with van der Waals surface area (Å²) in [5, 5.41) is 2.88. The van der Waals surface area contributed by atoms with Crippen molar-refractivity contribution in [1.82, 2.24) is 14.5 Å². The van der Waals surface area contributed by atoms with E-state index in [1.54, 1.807) is 24.9 Å². The first kappa shape index (κ1) is 25.6. The number of imidazole rings is 1. The zero-order chi connectivity index (χ0) is 25.4. The summed E-state index contributed by atoms with van der Waals surface area (Å²) in [6.45, 7) is 7.85. The van der Waals surface area contributed by atoms with Gasteiger partial charge in [0.1, 0.15) is 18.0 Å². The van der Waals surface area contributed by atoms with Crippen molar-refractivity contribution < 1.29 is 19.1 Å². The predicted molar refractivity (Wildman–Crippen MR) is 137 cm³/mol. The average Bonchev–Trinajstić information content (AvgIpc) is 3.27. The fourth-order valence-corrected chi connectivity index (χ4v) is 3.54. The summed E-state index contributed by atoms with van der Waals surface area (Å²) in [4.78, 5) is 31.7. The summed E-state index contributed by atoms with van der Waals surface area (Å²) < 4.78 is 12.3. The number of hydrogen-bond donors (Lipinski definition) is 1. The standard InChI is InChI=1S/C27H32N4O4/c1-6-15-30(26(33)16-19(2)3)18-25(32)29-27-28-24(20-7-11-22(34-4)12-8-20)17-31(27)21-9-13-23(35-5)14-10-21/h6-14,17,19H,1,15-16,18H2,2-5H3,(H,28,29,32). The van der Waals surface area contributed by atoms with Crippen LogP contribution in [0.15, 0.2) is 67.4 Å². The molecule has 0 fully saturated rings. The summed E-state index contributed by atoms with van der Waals surface area (Å²) in [6, 6.07) is 15.0. The third-order valence-corrected chi connectivity index (χ3v) is 5.31. The van der Waals surface area contributed by atoms with E-state index in [0.717, 1.165) is 22.7 Å². The van der Waals surface area contributed by atoms with Crippen molar-refractivity contribution in [2.75, 3.05) is 32.6 Å². The van der Waals surface area contributed by atoms with E-state index in [9.17, 15) is 9.59 Å². The molecule has 1 aromatic heterocycles. The first-order chi connectivity index (χ1) is 16.8. The molecule has 8 nitrogen and oxygen atoms in total. The van der Waals surface area contributed by atoms with E-state index < -0.39 is 0 Å². The number of ether oxygens (including phenoxy) is 2. The second-order valence-electron chi connectivity index (χ2n) is 8.46. The van der Waals surface area contributed by atoms with E-state index in [-0.39, 0.29) is 24.3 Å². The van der Waals surface area contributed by atoms with Gasteiger partial charge < -0.3 is 14.4 Å². The largest absolute Gasteiger partial charge is 0.497 e. The van der Waals surface area contributed by atoms with Crippen molar-refractivity contribution in [1.29, 1.82) is 0 Å². The van der Waals surface area contributed by atoms with E-state index >= 15 is 0 Å². The summed E-state index contributed by atoms with van der Waals surface area (Å²) >= 11 is 0. The minimum Gasteiger partial charge on any atom is -0.497 e. The topological polar surface area (TPSA) is 85.7 Å². The molecule has 3 rings (SSSR count). The number of methoxy groups -OCH3 is 2. The lowest BCUT2D eigenvalue weighted by Crippen LogP contribution is -2.38. The highest BCUT2D eigenvalue weighted by atomic mass is 16.5. The number of nitrogens with one attached hydrogen (secondary N) is 1. The maximum Gasteiger partial charge on any atom is 0.246 e. The Kier molecular flexibility index (Phi) is 8.67. The molecule has 35 heavy (non-hydrogen) atoms. The molecular formula is C27H32N4O4. The van der Waals surface area contributed by atoms with Gasteiger partial charge in [0.05, 0.1) is 19.9 Å². The van der Waals surface area contributed by atoms with Crippen LogP contribution in [0.1, 0.15) is 20.3 Å². The number of carbonyl (C=O) groups is 2. The normalized spacial score (nSPS) is 10.7. The van der Waals surface area contributed by atoms with Crippen LogP contribution in [0.3, 0.4) is 0 Å². The van der Waals surface area contributed by atoms with Crippen molar-refractivity contribution in [3.05, 3.63) is 67.4 Å². The number of nitrogens with zero attached hydrogens (tertiary/aromatic N) is 3. The number of amides is 2. The second kappa shape index (κ2) is 11.9.